The molecule has 1 unspecified atom stereocenters. The van der Waals surface area contributed by atoms with Gasteiger partial charge in [-0.3, -0.25) is 13.9 Å². The Bertz CT molecular complexity index is 1110. The highest BCUT2D eigenvalue weighted by atomic mass is 16.2. The predicted molar refractivity (Wildman–Crippen MR) is 111 cm³/mol. The summed E-state index contributed by atoms with van der Waals surface area (Å²) in [5.74, 6) is 1.20. The van der Waals surface area contributed by atoms with Gasteiger partial charge in [0.1, 0.15) is 0 Å². The third kappa shape index (κ3) is 3.04. The second-order valence-corrected chi connectivity index (χ2v) is 7.78. The molecule has 1 aromatic carbocycles. The van der Waals surface area contributed by atoms with Crippen molar-refractivity contribution in [3.63, 3.8) is 0 Å². The van der Waals surface area contributed by atoms with Gasteiger partial charge in [-0.05, 0) is 24.3 Å². The van der Waals surface area contributed by atoms with Crippen molar-refractivity contribution in [3.8, 4) is 0 Å². The fraction of sp³-hybridized carbons (Fsp3) is 0.476. The van der Waals surface area contributed by atoms with E-state index in [1.165, 1.54) is 14.7 Å². The molecular weight excluding hydrogens is 354 g/mol. The number of rotatable bonds is 5. The largest absolute Gasteiger partial charge is 0.342 e. The zero-order chi connectivity index (χ0) is 19.8. The maximum absolute atomic E-state index is 13.1. The summed E-state index contributed by atoms with van der Waals surface area (Å²) >= 11 is 0. The van der Waals surface area contributed by atoms with E-state index >= 15 is 0 Å². The molecule has 3 aromatic rings. The third-order valence-electron chi connectivity index (χ3n) is 5.48. The summed E-state index contributed by atoms with van der Waals surface area (Å²) in [6.07, 6.45) is 1.65. The van der Waals surface area contributed by atoms with Crippen LogP contribution >= 0.6 is 0 Å². The first-order valence-corrected chi connectivity index (χ1v) is 10.00. The number of benzene rings is 1. The van der Waals surface area contributed by atoms with Crippen LogP contribution in [0.2, 0.25) is 0 Å². The van der Waals surface area contributed by atoms with Gasteiger partial charge < -0.3 is 9.47 Å². The minimum Gasteiger partial charge on any atom is -0.342 e. The van der Waals surface area contributed by atoms with Crippen molar-refractivity contribution in [1.29, 1.82) is 0 Å². The van der Waals surface area contributed by atoms with Crippen LogP contribution in [0.3, 0.4) is 0 Å². The van der Waals surface area contributed by atoms with E-state index in [1.807, 2.05) is 17.6 Å². The average molecular weight is 381 g/mol. The summed E-state index contributed by atoms with van der Waals surface area (Å²) in [5, 5.41) is 0. The van der Waals surface area contributed by atoms with Crippen LogP contribution in [0.4, 0.5) is 5.95 Å². The van der Waals surface area contributed by atoms with E-state index in [2.05, 4.69) is 36.1 Å². The topological polar surface area (TPSA) is 65.1 Å². The summed E-state index contributed by atoms with van der Waals surface area (Å²) < 4.78 is 4.87. The van der Waals surface area contributed by atoms with Gasteiger partial charge in [-0.2, -0.15) is 4.98 Å². The van der Waals surface area contributed by atoms with Crippen LogP contribution in [0.1, 0.15) is 25.8 Å². The zero-order valence-electron chi connectivity index (χ0n) is 16.8. The van der Waals surface area contributed by atoms with Crippen LogP contribution in [0, 0.1) is 5.92 Å². The quantitative estimate of drug-likeness (QED) is 0.678. The Hall–Kier alpha value is -2.83. The predicted octanol–water partition coefficient (Wildman–Crippen LogP) is 2.01. The maximum atomic E-state index is 13.1. The zero-order valence-corrected chi connectivity index (χ0v) is 16.8. The number of aryl methyl sites for hydroxylation is 1. The molecule has 7 heteroatoms. The minimum absolute atomic E-state index is 0.226. The first-order valence-electron chi connectivity index (χ1n) is 10.00. The molecule has 3 heterocycles. The SMILES string of the molecule is CCCn1c(=O)c2c(nc3n2CC(C)CN3CCc2ccccc2)n(C)c1=O. The van der Waals surface area contributed by atoms with Gasteiger partial charge in [0, 0.05) is 33.2 Å². The first-order chi connectivity index (χ1) is 13.5. The van der Waals surface area contributed by atoms with Gasteiger partial charge in [-0.1, -0.05) is 44.2 Å². The van der Waals surface area contributed by atoms with E-state index in [1.54, 1.807) is 7.05 Å². The van der Waals surface area contributed by atoms with Crippen molar-refractivity contribution in [2.45, 2.75) is 39.8 Å². The van der Waals surface area contributed by atoms with Crippen molar-refractivity contribution in [2.24, 2.45) is 13.0 Å². The number of aromatic nitrogens is 4. The van der Waals surface area contributed by atoms with Gasteiger partial charge in [0.2, 0.25) is 5.95 Å². The molecule has 1 aliphatic heterocycles. The molecule has 1 atom stereocenters. The van der Waals surface area contributed by atoms with Gasteiger partial charge >= 0.3 is 5.69 Å². The number of anilines is 1. The molecule has 1 aliphatic rings. The smallest absolute Gasteiger partial charge is 0.332 e. The van der Waals surface area contributed by atoms with Crippen LogP contribution in [0.5, 0.6) is 0 Å². The Morgan fingerprint density at radius 3 is 2.57 bits per heavy atom. The Morgan fingerprint density at radius 1 is 1.11 bits per heavy atom. The van der Waals surface area contributed by atoms with Gasteiger partial charge in [0.15, 0.2) is 11.2 Å². The Morgan fingerprint density at radius 2 is 1.86 bits per heavy atom. The summed E-state index contributed by atoms with van der Waals surface area (Å²) in [6.45, 7) is 7.05. The summed E-state index contributed by atoms with van der Waals surface area (Å²) in [4.78, 5) is 32.7. The molecule has 0 N–H and O–H groups in total. The average Bonchev–Trinajstić information content (AvgIpc) is 3.08. The molecule has 2 aromatic heterocycles. The lowest BCUT2D eigenvalue weighted by molar-refractivity contribution is 0.436. The Balaban J connectivity index is 1.80. The van der Waals surface area contributed by atoms with Crippen LogP contribution in [0.15, 0.2) is 39.9 Å². The first kappa shape index (κ1) is 18.5. The van der Waals surface area contributed by atoms with E-state index in [-0.39, 0.29) is 11.2 Å². The van der Waals surface area contributed by atoms with Crippen molar-refractivity contribution in [1.82, 2.24) is 18.7 Å². The molecule has 0 aliphatic carbocycles. The van der Waals surface area contributed by atoms with Gasteiger partial charge in [-0.15, -0.1) is 0 Å². The molecule has 0 bridgehead atoms. The summed E-state index contributed by atoms with van der Waals surface area (Å²) in [7, 11) is 1.70. The number of hydrogen-bond acceptors (Lipinski definition) is 4. The highest BCUT2D eigenvalue weighted by Gasteiger charge is 2.28. The highest BCUT2D eigenvalue weighted by Crippen LogP contribution is 2.26. The van der Waals surface area contributed by atoms with Crippen LogP contribution < -0.4 is 16.1 Å². The maximum Gasteiger partial charge on any atom is 0.332 e. The van der Waals surface area contributed by atoms with Crippen LogP contribution in [-0.2, 0) is 26.6 Å². The van der Waals surface area contributed by atoms with E-state index < -0.39 is 0 Å². The molecule has 0 radical (unpaired) electrons. The second kappa shape index (κ2) is 7.30. The van der Waals surface area contributed by atoms with Crippen molar-refractivity contribution in [2.75, 3.05) is 18.0 Å². The summed E-state index contributed by atoms with van der Waals surface area (Å²) in [6, 6.07) is 10.4. The standard InChI is InChI=1S/C21H27N5O2/c1-4-11-25-19(27)17-18(23(3)21(25)28)22-20-24(13-15(2)14-26(17)20)12-10-16-8-6-5-7-9-16/h5-9,15H,4,10-14H2,1-3H3. The lowest BCUT2D eigenvalue weighted by Crippen LogP contribution is -2.41. The lowest BCUT2D eigenvalue weighted by Gasteiger charge is -2.33. The number of hydrogen-bond donors (Lipinski definition) is 0. The summed E-state index contributed by atoms with van der Waals surface area (Å²) in [5.41, 5.74) is 1.79. The van der Waals surface area contributed by atoms with Gasteiger partial charge in [0.05, 0.1) is 0 Å². The van der Waals surface area contributed by atoms with Crippen molar-refractivity contribution in [3.05, 3.63) is 56.7 Å². The second-order valence-electron chi connectivity index (χ2n) is 7.78. The fourth-order valence-corrected chi connectivity index (χ4v) is 4.12. The fourth-order valence-electron chi connectivity index (χ4n) is 4.12. The molecular formula is C21H27N5O2. The Kier molecular flexibility index (Phi) is 4.83. The molecule has 4 rings (SSSR count). The third-order valence-corrected chi connectivity index (χ3v) is 5.48. The molecule has 0 fully saturated rings. The number of imidazole rings is 1. The highest BCUT2D eigenvalue weighted by molar-refractivity contribution is 5.75. The Labute approximate surface area is 163 Å². The minimum atomic E-state index is -0.293. The monoisotopic (exact) mass is 381 g/mol. The van der Waals surface area contributed by atoms with E-state index in [4.69, 9.17) is 4.98 Å². The molecule has 0 amide bonds. The van der Waals surface area contributed by atoms with Gasteiger partial charge in [0.25, 0.3) is 5.56 Å². The molecule has 28 heavy (non-hydrogen) atoms. The molecule has 0 saturated carbocycles. The molecule has 0 saturated heterocycles. The van der Waals surface area contributed by atoms with E-state index in [9.17, 15) is 9.59 Å². The molecule has 0 spiro atoms. The van der Waals surface area contributed by atoms with Crippen molar-refractivity contribution < 1.29 is 0 Å². The number of fused-ring (bicyclic) bond motifs is 3. The van der Waals surface area contributed by atoms with Crippen LogP contribution in [-0.4, -0.2) is 31.8 Å². The van der Waals surface area contributed by atoms with E-state index in [0.29, 0.717) is 23.6 Å². The lowest BCUT2D eigenvalue weighted by atomic mass is 10.1. The van der Waals surface area contributed by atoms with Gasteiger partial charge in [-0.25, -0.2) is 4.79 Å². The normalized spacial score (nSPS) is 16.5. The van der Waals surface area contributed by atoms with Crippen LogP contribution in [0.25, 0.3) is 11.2 Å². The van der Waals surface area contributed by atoms with E-state index in [0.717, 1.165) is 38.4 Å². The van der Waals surface area contributed by atoms with Crippen molar-refractivity contribution >= 4 is 17.1 Å². The molecule has 148 valence electrons. The number of nitrogens with zero attached hydrogens (tertiary/aromatic N) is 5. The molecule has 7 nitrogen and oxygen atoms in total.